The molecule has 36 heavy (non-hydrogen) atoms. The van der Waals surface area contributed by atoms with E-state index in [-0.39, 0.29) is 35.2 Å². The summed E-state index contributed by atoms with van der Waals surface area (Å²) in [5.74, 6) is -0.387. The first kappa shape index (κ1) is 25.8. The number of nitrogens with zero attached hydrogens (tertiary/aromatic N) is 1. The average molecular weight is 509 g/mol. The van der Waals surface area contributed by atoms with Crippen LogP contribution in [-0.2, 0) is 14.8 Å². The maximum Gasteiger partial charge on any atom is 0.255 e. The van der Waals surface area contributed by atoms with Crippen molar-refractivity contribution in [2.45, 2.75) is 37.6 Å². The minimum absolute atomic E-state index is 0.0111. The lowest BCUT2D eigenvalue weighted by atomic mass is 9.92. The van der Waals surface area contributed by atoms with E-state index < -0.39 is 10.0 Å². The summed E-state index contributed by atoms with van der Waals surface area (Å²) in [6.45, 7) is 4.77. The van der Waals surface area contributed by atoms with Gasteiger partial charge in [-0.1, -0.05) is 42.5 Å². The minimum atomic E-state index is -3.87. The van der Waals surface area contributed by atoms with Crippen LogP contribution in [0.5, 0.6) is 0 Å². The van der Waals surface area contributed by atoms with Gasteiger partial charge in [-0.2, -0.15) is 0 Å². The van der Waals surface area contributed by atoms with E-state index >= 15 is 0 Å². The van der Waals surface area contributed by atoms with Crippen molar-refractivity contribution in [2.24, 2.45) is 11.7 Å². The second kappa shape index (κ2) is 10.8. The van der Waals surface area contributed by atoms with Gasteiger partial charge in [0.05, 0.1) is 11.4 Å². The number of likely N-dealkylation sites (tertiary alicyclic amines) is 1. The van der Waals surface area contributed by atoms with Crippen molar-refractivity contribution in [3.8, 4) is 0 Å². The zero-order valence-electron chi connectivity index (χ0n) is 20.5. The highest BCUT2D eigenvalue weighted by Gasteiger charge is 2.30. The fourth-order valence-corrected chi connectivity index (χ4v) is 6.33. The Morgan fingerprint density at radius 3 is 2.47 bits per heavy atom. The fraction of sp³-hybridized carbons (Fsp3) is 0.333. The van der Waals surface area contributed by atoms with Gasteiger partial charge in [0.2, 0.25) is 15.9 Å². The second-order valence-corrected chi connectivity index (χ2v) is 11.0. The third-order valence-electron chi connectivity index (χ3n) is 6.84. The summed E-state index contributed by atoms with van der Waals surface area (Å²) in [5, 5.41) is 4.08. The molecule has 2 amide bonds. The summed E-state index contributed by atoms with van der Waals surface area (Å²) >= 11 is 0. The van der Waals surface area contributed by atoms with Crippen LogP contribution >= 0.6 is 0 Å². The zero-order chi connectivity index (χ0) is 25.9. The Labute approximate surface area is 211 Å². The average Bonchev–Trinajstić information content (AvgIpc) is 2.88. The lowest BCUT2D eigenvalue weighted by Crippen LogP contribution is -2.49. The van der Waals surface area contributed by atoms with Crippen molar-refractivity contribution in [1.29, 1.82) is 0 Å². The normalized spacial score (nSPS) is 17.1. The number of anilines is 1. The highest BCUT2D eigenvalue weighted by Crippen LogP contribution is 2.31. The first-order chi connectivity index (χ1) is 17.2. The minimum Gasteiger partial charge on any atom is -0.341 e. The van der Waals surface area contributed by atoms with Gasteiger partial charge in [-0.3, -0.25) is 9.59 Å². The van der Waals surface area contributed by atoms with Gasteiger partial charge in [0.1, 0.15) is 0 Å². The molecule has 1 heterocycles. The molecule has 4 N–H and O–H groups in total. The standard InChI is InChI=1S/C27H32N4O4S/c1-18-8-3-4-10-21(18)27(33)29-24-13-14-25(23-12-6-5-11-22(23)24)36(34,35)30-19(2)20-9-7-15-31(17-20)26(32)16-28/h3-6,8,10-14,19-20,30H,7,9,15-17,28H2,1-2H3,(H,29,33). The molecule has 0 bridgehead atoms. The van der Waals surface area contributed by atoms with Gasteiger partial charge in [0, 0.05) is 41.2 Å². The molecule has 3 aromatic rings. The molecule has 0 saturated carbocycles. The second-order valence-electron chi connectivity index (χ2n) is 9.28. The van der Waals surface area contributed by atoms with Crippen molar-refractivity contribution in [1.82, 2.24) is 9.62 Å². The summed E-state index contributed by atoms with van der Waals surface area (Å²) in [6.07, 6.45) is 1.63. The number of nitrogens with one attached hydrogen (secondary N) is 2. The van der Waals surface area contributed by atoms with Crippen molar-refractivity contribution in [2.75, 3.05) is 25.0 Å². The van der Waals surface area contributed by atoms with Crippen molar-refractivity contribution in [3.05, 3.63) is 71.8 Å². The summed E-state index contributed by atoms with van der Waals surface area (Å²) in [7, 11) is -3.87. The van der Waals surface area contributed by atoms with E-state index in [0.29, 0.717) is 35.1 Å². The van der Waals surface area contributed by atoms with Crippen LogP contribution in [0.4, 0.5) is 5.69 Å². The molecule has 2 unspecified atom stereocenters. The summed E-state index contributed by atoms with van der Waals surface area (Å²) in [4.78, 5) is 26.8. The predicted octanol–water partition coefficient (Wildman–Crippen LogP) is 3.26. The van der Waals surface area contributed by atoms with Gasteiger partial charge >= 0.3 is 0 Å². The van der Waals surface area contributed by atoms with E-state index in [4.69, 9.17) is 5.73 Å². The van der Waals surface area contributed by atoms with Crippen LogP contribution in [0.3, 0.4) is 0 Å². The first-order valence-electron chi connectivity index (χ1n) is 12.1. The summed E-state index contributed by atoms with van der Waals surface area (Å²) in [6, 6.07) is 17.2. The van der Waals surface area contributed by atoms with Gasteiger partial charge in [0.25, 0.3) is 5.91 Å². The number of aryl methyl sites for hydroxylation is 1. The lowest BCUT2D eigenvalue weighted by Gasteiger charge is -2.35. The monoisotopic (exact) mass is 508 g/mol. The van der Waals surface area contributed by atoms with Crippen molar-refractivity contribution in [3.63, 3.8) is 0 Å². The van der Waals surface area contributed by atoms with Crippen LogP contribution in [0.15, 0.2) is 65.6 Å². The molecule has 4 rings (SSSR count). The molecule has 0 radical (unpaired) electrons. The van der Waals surface area contributed by atoms with Gasteiger partial charge in [-0.05, 0) is 56.4 Å². The molecule has 2 atom stereocenters. The number of sulfonamides is 1. The Bertz CT molecular complexity index is 1390. The largest absolute Gasteiger partial charge is 0.341 e. The topological polar surface area (TPSA) is 122 Å². The highest BCUT2D eigenvalue weighted by atomic mass is 32.2. The molecular formula is C27H32N4O4S. The SMILES string of the molecule is Cc1ccccc1C(=O)Nc1ccc(S(=O)(=O)NC(C)C2CCCN(C(=O)CN)C2)c2ccccc12. The first-order valence-corrected chi connectivity index (χ1v) is 13.6. The number of fused-ring (bicyclic) bond motifs is 1. The third-order valence-corrected chi connectivity index (χ3v) is 8.46. The number of nitrogens with two attached hydrogens (primary N) is 1. The van der Waals surface area contributed by atoms with E-state index in [1.807, 2.05) is 32.0 Å². The lowest BCUT2D eigenvalue weighted by molar-refractivity contribution is -0.131. The van der Waals surface area contributed by atoms with Crippen LogP contribution in [-0.4, -0.2) is 50.8 Å². The van der Waals surface area contributed by atoms with Gasteiger partial charge in [0.15, 0.2) is 0 Å². The Morgan fingerprint density at radius 1 is 1.06 bits per heavy atom. The molecule has 0 aromatic heterocycles. The molecule has 9 heteroatoms. The van der Waals surface area contributed by atoms with E-state index in [1.54, 1.807) is 41.3 Å². The quantitative estimate of drug-likeness (QED) is 0.452. The van der Waals surface area contributed by atoms with Crippen LogP contribution < -0.4 is 15.8 Å². The van der Waals surface area contributed by atoms with Crippen LogP contribution in [0.25, 0.3) is 10.8 Å². The van der Waals surface area contributed by atoms with Crippen LogP contribution in [0.2, 0.25) is 0 Å². The van der Waals surface area contributed by atoms with E-state index in [0.717, 1.165) is 18.4 Å². The van der Waals surface area contributed by atoms with Gasteiger partial charge in [-0.15, -0.1) is 0 Å². The molecule has 1 saturated heterocycles. The predicted molar refractivity (Wildman–Crippen MR) is 141 cm³/mol. The number of benzene rings is 3. The summed E-state index contributed by atoms with van der Waals surface area (Å²) < 4.78 is 29.8. The summed E-state index contributed by atoms with van der Waals surface area (Å²) in [5.41, 5.74) is 7.46. The van der Waals surface area contributed by atoms with Crippen LogP contribution in [0.1, 0.15) is 35.7 Å². The Kier molecular flexibility index (Phi) is 7.73. The molecule has 1 fully saturated rings. The van der Waals surface area contributed by atoms with Crippen LogP contribution in [0, 0.1) is 12.8 Å². The Morgan fingerprint density at radius 2 is 1.75 bits per heavy atom. The molecular weight excluding hydrogens is 476 g/mol. The van der Waals surface area contributed by atoms with Crippen molar-refractivity contribution >= 4 is 38.3 Å². The molecule has 1 aliphatic heterocycles. The highest BCUT2D eigenvalue weighted by molar-refractivity contribution is 7.89. The number of rotatable bonds is 7. The fourth-order valence-electron chi connectivity index (χ4n) is 4.81. The molecule has 3 aromatic carbocycles. The molecule has 190 valence electrons. The van der Waals surface area contributed by atoms with E-state index in [2.05, 4.69) is 10.0 Å². The molecule has 8 nitrogen and oxygen atoms in total. The molecule has 1 aliphatic rings. The van der Waals surface area contributed by atoms with E-state index in [9.17, 15) is 18.0 Å². The number of amides is 2. The Hall–Kier alpha value is -3.27. The third kappa shape index (κ3) is 5.43. The maximum atomic E-state index is 13.5. The molecule has 0 spiro atoms. The molecule has 0 aliphatic carbocycles. The number of carbonyl (C=O) groups is 2. The van der Waals surface area contributed by atoms with Gasteiger partial charge < -0.3 is 16.0 Å². The number of carbonyl (C=O) groups excluding carboxylic acids is 2. The number of hydrogen-bond donors (Lipinski definition) is 3. The zero-order valence-corrected chi connectivity index (χ0v) is 21.3. The smallest absolute Gasteiger partial charge is 0.255 e. The number of hydrogen-bond acceptors (Lipinski definition) is 5. The maximum absolute atomic E-state index is 13.5. The Balaban J connectivity index is 1.59. The van der Waals surface area contributed by atoms with E-state index in [1.165, 1.54) is 6.07 Å². The number of piperidine rings is 1. The van der Waals surface area contributed by atoms with Crippen molar-refractivity contribution < 1.29 is 18.0 Å². The van der Waals surface area contributed by atoms with Gasteiger partial charge in [-0.25, -0.2) is 13.1 Å².